The summed E-state index contributed by atoms with van der Waals surface area (Å²) >= 11 is 0. The number of hydrogen-bond acceptors (Lipinski definition) is 2. The van der Waals surface area contributed by atoms with Crippen LogP contribution in [-0.2, 0) is 0 Å². The summed E-state index contributed by atoms with van der Waals surface area (Å²) in [6, 6.07) is 30.8. The minimum atomic E-state index is -0.520. The van der Waals surface area contributed by atoms with Crippen molar-refractivity contribution in [3.8, 4) is 0 Å². The van der Waals surface area contributed by atoms with Crippen LogP contribution in [0.1, 0.15) is 35.6 Å². The molecule has 0 bridgehead atoms. The van der Waals surface area contributed by atoms with E-state index in [9.17, 15) is 5.11 Å². The molecule has 25 heavy (non-hydrogen) atoms. The lowest BCUT2D eigenvalue weighted by Gasteiger charge is -2.25. The standard InChI is InChI=1S/C23H25NO/c1-18(23(25)21-15-9-4-10-16-21)24-17-22(19-11-5-2-6-12-19)20-13-7-3-8-14-20/h2-16,18,22-25H,17H2,1H3/t18-,23-/m0/s1. The van der Waals surface area contributed by atoms with Crippen LogP contribution in [0.25, 0.3) is 0 Å². The molecule has 0 aliphatic heterocycles. The monoisotopic (exact) mass is 331 g/mol. The molecule has 0 heterocycles. The molecule has 0 aromatic heterocycles. The molecule has 0 unspecified atom stereocenters. The van der Waals surface area contributed by atoms with Crippen LogP contribution in [0.3, 0.4) is 0 Å². The van der Waals surface area contributed by atoms with Gasteiger partial charge < -0.3 is 10.4 Å². The van der Waals surface area contributed by atoms with Crippen molar-refractivity contribution >= 4 is 0 Å². The number of rotatable bonds is 7. The second-order valence-electron chi connectivity index (χ2n) is 6.43. The molecular weight excluding hydrogens is 306 g/mol. The molecule has 0 aliphatic rings. The van der Waals surface area contributed by atoms with E-state index in [4.69, 9.17) is 0 Å². The van der Waals surface area contributed by atoms with Crippen LogP contribution in [0.15, 0.2) is 91.0 Å². The lowest BCUT2D eigenvalue weighted by molar-refractivity contribution is 0.136. The van der Waals surface area contributed by atoms with Crippen molar-refractivity contribution in [2.24, 2.45) is 0 Å². The van der Waals surface area contributed by atoms with Gasteiger partial charge in [-0.25, -0.2) is 0 Å². The lowest BCUT2D eigenvalue weighted by atomic mass is 9.91. The fourth-order valence-corrected chi connectivity index (χ4v) is 3.15. The van der Waals surface area contributed by atoms with Crippen LogP contribution in [0.4, 0.5) is 0 Å². The van der Waals surface area contributed by atoms with Gasteiger partial charge in [-0.2, -0.15) is 0 Å². The average Bonchev–Trinajstić information content (AvgIpc) is 2.70. The van der Waals surface area contributed by atoms with Gasteiger partial charge in [0, 0.05) is 18.5 Å². The van der Waals surface area contributed by atoms with Gasteiger partial charge in [-0.05, 0) is 23.6 Å². The quantitative estimate of drug-likeness (QED) is 0.667. The molecule has 3 aromatic carbocycles. The Bertz CT molecular complexity index is 703. The maximum atomic E-state index is 10.6. The predicted octanol–water partition coefficient (Wildman–Crippen LogP) is 4.53. The van der Waals surface area contributed by atoms with E-state index in [1.54, 1.807) is 0 Å². The average molecular weight is 331 g/mol. The number of hydrogen-bond donors (Lipinski definition) is 2. The molecule has 2 nitrogen and oxygen atoms in total. The molecule has 2 N–H and O–H groups in total. The second kappa shape index (κ2) is 8.61. The van der Waals surface area contributed by atoms with Crippen LogP contribution in [0.2, 0.25) is 0 Å². The van der Waals surface area contributed by atoms with Gasteiger partial charge in [0.2, 0.25) is 0 Å². The molecule has 0 fully saturated rings. The predicted molar refractivity (Wildman–Crippen MR) is 104 cm³/mol. The zero-order valence-corrected chi connectivity index (χ0v) is 14.5. The molecular formula is C23H25NO. The van der Waals surface area contributed by atoms with Crippen molar-refractivity contribution in [3.05, 3.63) is 108 Å². The highest BCUT2D eigenvalue weighted by Gasteiger charge is 2.19. The highest BCUT2D eigenvalue weighted by molar-refractivity contribution is 5.32. The zero-order chi connectivity index (χ0) is 17.5. The van der Waals surface area contributed by atoms with Crippen molar-refractivity contribution in [1.29, 1.82) is 0 Å². The minimum Gasteiger partial charge on any atom is -0.387 e. The van der Waals surface area contributed by atoms with E-state index in [0.29, 0.717) is 0 Å². The van der Waals surface area contributed by atoms with E-state index in [0.717, 1.165) is 12.1 Å². The molecule has 3 rings (SSSR count). The molecule has 3 aromatic rings. The second-order valence-corrected chi connectivity index (χ2v) is 6.43. The number of benzene rings is 3. The van der Waals surface area contributed by atoms with E-state index in [1.807, 2.05) is 49.4 Å². The third-order valence-electron chi connectivity index (χ3n) is 4.66. The van der Waals surface area contributed by atoms with Crippen molar-refractivity contribution in [3.63, 3.8) is 0 Å². The van der Waals surface area contributed by atoms with Crippen LogP contribution in [0.5, 0.6) is 0 Å². The topological polar surface area (TPSA) is 32.3 Å². The van der Waals surface area contributed by atoms with E-state index >= 15 is 0 Å². The summed E-state index contributed by atoms with van der Waals surface area (Å²) in [5.41, 5.74) is 3.50. The maximum absolute atomic E-state index is 10.6. The minimum absolute atomic E-state index is 0.0303. The Kier molecular flexibility index (Phi) is 5.99. The fraction of sp³-hybridized carbons (Fsp3) is 0.217. The number of nitrogens with one attached hydrogen (secondary N) is 1. The first-order chi connectivity index (χ1) is 12.3. The molecule has 0 saturated heterocycles. The summed E-state index contributed by atoms with van der Waals surface area (Å²) in [5.74, 6) is 0.257. The van der Waals surface area contributed by atoms with E-state index in [-0.39, 0.29) is 12.0 Å². The number of aliphatic hydroxyl groups is 1. The normalized spacial score (nSPS) is 13.6. The summed E-state index contributed by atoms with van der Waals surface area (Å²) in [6.07, 6.45) is -0.520. The largest absolute Gasteiger partial charge is 0.387 e. The molecule has 2 atom stereocenters. The van der Waals surface area contributed by atoms with Crippen molar-refractivity contribution in [2.45, 2.75) is 25.0 Å². The highest BCUT2D eigenvalue weighted by Crippen LogP contribution is 2.25. The van der Waals surface area contributed by atoms with E-state index in [1.165, 1.54) is 11.1 Å². The Balaban J connectivity index is 1.73. The summed E-state index contributed by atoms with van der Waals surface area (Å²) in [5, 5.41) is 14.1. The first kappa shape index (κ1) is 17.4. The summed E-state index contributed by atoms with van der Waals surface area (Å²) in [6.45, 7) is 2.81. The zero-order valence-electron chi connectivity index (χ0n) is 14.5. The first-order valence-corrected chi connectivity index (χ1v) is 8.82. The molecule has 128 valence electrons. The van der Waals surface area contributed by atoms with Crippen molar-refractivity contribution < 1.29 is 5.11 Å². The highest BCUT2D eigenvalue weighted by atomic mass is 16.3. The molecule has 0 radical (unpaired) electrons. The fourth-order valence-electron chi connectivity index (χ4n) is 3.15. The Morgan fingerprint density at radius 3 is 1.52 bits per heavy atom. The van der Waals surface area contributed by atoms with Gasteiger partial charge in [0.1, 0.15) is 0 Å². The van der Waals surface area contributed by atoms with Gasteiger partial charge in [0.15, 0.2) is 0 Å². The van der Waals surface area contributed by atoms with Crippen LogP contribution in [0, 0.1) is 0 Å². The first-order valence-electron chi connectivity index (χ1n) is 8.82. The third-order valence-corrected chi connectivity index (χ3v) is 4.66. The molecule has 0 spiro atoms. The SMILES string of the molecule is C[C@H](NCC(c1ccccc1)c1ccccc1)[C@H](O)c1ccccc1. The summed E-state index contributed by atoms with van der Waals surface area (Å²) < 4.78 is 0. The van der Waals surface area contributed by atoms with Gasteiger partial charge >= 0.3 is 0 Å². The Morgan fingerprint density at radius 2 is 1.08 bits per heavy atom. The Labute approximate surface area is 150 Å². The van der Waals surface area contributed by atoms with Crippen LogP contribution in [-0.4, -0.2) is 17.7 Å². The smallest absolute Gasteiger partial charge is 0.0940 e. The Morgan fingerprint density at radius 1 is 0.680 bits per heavy atom. The van der Waals surface area contributed by atoms with E-state index < -0.39 is 6.10 Å². The Hall–Kier alpha value is -2.42. The van der Waals surface area contributed by atoms with Crippen LogP contribution >= 0.6 is 0 Å². The van der Waals surface area contributed by atoms with Gasteiger partial charge in [0.05, 0.1) is 6.10 Å². The van der Waals surface area contributed by atoms with Gasteiger partial charge in [0.25, 0.3) is 0 Å². The maximum Gasteiger partial charge on any atom is 0.0940 e. The molecule has 0 amide bonds. The molecule has 0 aliphatic carbocycles. The van der Waals surface area contributed by atoms with Gasteiger partial charge in [-0.3, -0.25) is 0 Å². The lowest BCUT2D eigenvalue weighted by Crippen LogP contribution is -2.35. The molecule has 2 heteroatoms. The van der Waals surface area contributed by atoms with Gasteiger partial charge in [-0.15, -0.1) is 0 Å². The summed E-state index contributed by atoms with van der Waals surface area (Å²) in [4.78, 5) is 0. The van der Waals surface area contributed by atoms with Crippen LogP contribution < -0.4 is 5.32 Å². The van der Waals surface area contributed by atoms with Gasteiger partial charge in [-0.1, -0.05) is 91.0 Å². The van der Waals surface area contributed by atoms with Crippen molar-refractivity contribution in [2.75, 3.05) is 6.54 Å². The van der Waals surface area contributed by atoms with E-state index in [2.05, 4.69) is 53.8 Å². The third kappa shape index (κ3) is 4.56. The summed E-state index contributed by atoms with van der Waals surface area (Å²) in [7, 11) is 0. The van der Waals surface area contributed by atoms with Crippen molar-refractivity contribution in [1.82, 2.24) is 5.32 Å². The molecule has 0 saturated carbocycles. The number of aliphatic hydroxyl groups excluding tert-OH is 1.